The van der Waals surface area contributed by atoms with Gasteiger partial charge in [-0.1, -0.05) is 0 Å². The Balaban J connectivity index is 1.89. The molecular formula is C18H30N2O4S. The fraction of sp³-hybridized carbons (Fsp3) is 0.778. The van der Waals surface area contributed by atoms with Crippen LogP contribution in [0.3, 0.4) is 0 Å². The van der Waals surface area contributed by atoms with Gasteiger partial charge in [0.05, 0.1) is 18.2 Å². The molecule has 0 aromatic carbocycles. The van der Waals surface area contributed by atoms with Crippen molar-refractivity contribution in [2.75, 3.05) is 20.3 Å². The summed E-state index contributed by atoms with van der Waals surface area (Å²) in [7, 11) is 1.73. The highest BCUT2D eigenvalue weighted by Crippen LogP contribution is 2.30. The molecule has 6 nitrogen and oxygen atoms in total. The van der Waals surface area contributed by atoms with Gasteiger partial charge in [-0.05, 0) is 53.4 Å². The molecule has 0 bridgehead atoms. The molecule has 1 aliphatic rings. The number of thiazole rings is 1. The van der Waals surface area contributed by atoms with Crippen LogP contribution in [0.5, 0.6) is 5.88 Å². The lowest BCUT2D eigenvalue weighted by atomic mass is 9.91. The first-order valence-corrected chi connectivity index (χ1v) is 9.74. The van der Waals surface area contributed by atoms with Crippen LogP contribution in [0, 0.1) is 6.92 Å². The number of methoxy groups -OCH3 is 1. The first-order chi connectivity index (χ1) is 11.8. The standard InChI is InChI=1S/C18H30N2O4S/c1-6-23-17(21)15-16(19-12(2)25-15)24-14-9-7-13(8-10-14)20-18(3,4)11-22-5/h13-14,20H,6-11H2,1-5H3. The van der Waals surface area contributed by atoms with Crippen molar-refractivity contribution in [1.82, 2.24) is 10.3 Å². The van der Waals surface area contributed by atoms with E-state index in [1.165, 1.54) is 11.3 Å². The van der Waals surface area contributed by atoms with Crippen LogP contribution >= 0.6 is 11.3 Å². The second-order valence-corrected chi connectivity index (χ2v) is 8.34. The molecule has 25 heavy (non-hydrogen) atoms. The maximum absolute atomic E-state index is 12.0. The first kappa shape index (κ1) is 20.1. The van der Waals surface area contributed by atoms with E-state index >= 15 is 0 Å². The van der Waals surface area contributed by atoms with Crippen molar-refractivity contribution in [2.45, 2.75) is 71.1 Å². The number of carbonyl (C=O) groups excluding carboxylic acids is 1. The van der Waals surface area contributed by atoms with Gasteiger partial charge in [-0.3, -0.25) is 0 Å². The number of hydrogen-bond acceptors (Lipinski definition) is 7. The van der Waals surface area contributed by atoms with E-state index in [9.17, 15) is 4.79 Å². The summed E-state index contributed by atoms with van der Waals surface area (Å²) in [5, 5.41) is 4.48. The smallest absolute Gasteiger partial charge is 0.353 e. The number of nitrogens with one attached hydrogen (secondary N) is 1. The Labute approximate surface area is 154 Å². The Kier molecular flexibility index (Phi) is 7.22. The van der Waals surface area contributed by atoms with E-state index < -0.39 is 0 Å². The highest BCUT2D eigenvalue weighted by Gasteiger charge is 2.29. The van der Waals surface area contributed by atoms with Crippen LogP contribution in [0.4, 0.5) is 0 Å². The molecule has 0 radical (unpaired) electrons. The summed E-state index contributed by atoms with van der Waals surface area (Å²) < 4.78 is 16.4. The van der Waals surface area contributed by atoms with Crippen LogP contribution in [0.1, 0.15) is 61.1 Å². The number of esters is 1. The van der Waals surface area contributed by atoms with Gasteiger partial charge in [-0.15, -0.1) is 11.3 Å². The maximum atomic E-state index is 12.0. The van der Waals surface area contributed by atoms with Crippen molar-refractivity contribution in [3.05, 3.63) is 9.88 Å². The fourth-order valence-corrected chi connectivity index (χ4v) is 4.00. The molecule has 0 aliphatic heterocycles. The van der Waals surface area contributed by atoms with Gasteiger partial charge in [-0.2, -0.15) is 0 Å². The minimum Gasteiger partial charge on any atom is -0.473 e. The Morgan fingerprint density at radius 1 is 1.32 bits per heavy atom. The Hall–Kier alpha value is -1.18. The largest absolute Gasteiger partial charge is 0.473 e. The molecule has 0 saturated heterocycles. The maximum Gasteiger partial charge on any atom is 0.353 e. The van der Waals surface area contributed by atoms with Gasteiger partial charge < -0.3 is 19.5 Å². The van der Waals surface area contributed by atoms with E-state index in [-0.39, 0.29) is 17.6 Å². The predicted molar refractivity (Wildman–Crippen MR) is 98.6 cm³/mol. The molecule has 1 aliphatic carbocycles. The van der Waals surface area contributed by atoms with Gasteiger partial charge in [0.2, 0.25) is 5.88 Å². The third-order valence-corrected chi connectivity index (χ3v) is 5.15. The summed E-state index contributed by atoms with van der Waals surface area (Å²) in [6.07, 6.45) is 4.06. The minimum absolute atomic E-state index is 0.0315. The summed E-state index contributed by atoms with van der Waals surface area (Å²) >= 11 is 1.33. The molecule has 142 valence electrons. The van der Waals surface area contributed by atoms with Crippen LogP contribution in [0.2, 0.25) is 0 Å². The predicted octanol–water partition coefficient (Wildman–Crippen LogP) is 3.33. The Bertz CT molecular complexity index is 565. The van der Waals surface area contributed by atoms with Crippen LogP contribution < -0.4 is 10.1 Å². The summed E-state index contributed by atoms with van der Waals surface area (Å²) in [5.41, 5.74) is -0.0315. The van der Waals surface area contributed by atoms with E-state index in [1.54, 1.807) is 14.0 Å². The molecule has 1 saturated carbocycles. The lowest BCUT2D eigenvalue weighted by Gasteiger charge is -2.35. The van der Waals surface area contributed by atoms with Gasteiger partial charge in [0.1, 0.15) is 6.10 Å². The van der Waals surface area contributed by atoms with Gasteiger partial charge in [-0.25, -0.2) is 9.78 Å². The lowest BCUT2D eigenvalue weighted by molar-refractivity contribution is 0.0519. The van der Waals surface area contributed by atoms with E-state index in [0.717, 1.165) is 30.7 Å². The number of aryl methyl sites for hydroxylation is 1. The van der Waals surface area contributed by atoms with E-state index in [0.29, 0.717) is 30.0 Å². The molecule has 7 heteroatoms. The molecule has 1 aromatic rings. The molecule has 1 aromatic heterocycles. The van der Waals surface area contributed by atoms with Crippen molar-refractivity contribution in [2.24, 2.45) is 0 Å². The second kappa shape index (κ2) is 8.96. The van der Waals surface area contributed by atoms with Crippen molar-refractivity contribution >= 4 is 17.3 Å². The SMILES string of the molecule is CCOC(=O)c1sc(C)nc1OC1CCC(NC(C)(C)COC)CC1. The molecule has 1 heterocycles. The van der Waals surface area contributed by atoms with Gasteiger partial charge in [0.25, 0.3) is 0 Å². The van der Waals surface area contributed by atoms with E-state index in [2.05, 4.69) is 24.1 Å². The molecular weight excluding hydrogens is 340 g/mol. The molecule has 0 atom stereocenters. The Morgan fingerprint density at radius 3 is 2.60 bits per heavy atom. The molecule has 0 unspecified atom stereocenters. The normalized spacial score (nSPS) is 21.2. The average Bonchev–Trinajstić information content (AvgIpc) is 2.90. The van der Waals surface area contributed by atoms with Crippen LogP contribution in [0.15, 0.2) is 0 Å². The number of ether oxygens (including phenoxy) is 3. The van der Waals surface area contributed by atoms with Crippen molar-refractivity contribution in [3.63, 3.8) is 0 Å². The van der Waals surface area contributed by atoms with E-state index in [1.807, 2.05) is 6.92 Å². The average molecular weight is 371 g/mol. The summed E-state index contributed by atoms with van der Waals surface area (Å²) in [5.74, 6) is 0.0804. The van der Waals surface area contributed by atoms with Crippen LogP contribution in [-0.4, -0.2) is 49.0 Å². The molecule has 1 fully saturated rings. The quantitative estimate of drug-likeness (QED) is 0.708. The zero-order valence-electron chi connectivity index (χ0n) is 15.9. The van der Waals surface area contributed by atoms with Crippen molar-refractivity contribution in [1.29, 1.82) is 0 Å². The summed E-state index contributed by atoms with van der Waals surface area (Å²) in [6.45, 7) is 9.02. The number of hydrogen-bond donors (Lipinski definition) is 1. The number of carbonyl (C=O) groups is 1. The van der Waals surface area contributed by atoms with Gasteiger partial charge in [0.15, 0.2) is 4.88 Å². The number of nitrogens with zero attached hydrogens (tertiary/aromatic N) is 1. The number of rotatable bonds is 8. The molecule has 2 rings (SSSR count). The topological polar surface area (TPSA) is 69.7 Å². The fourth-order valence-electron chi connectivity index (χ4n) is 3.25. The summed E-state index contributed by atoms with van der Waals surface area (Å²) in [6, 6.07) is 0.465. The zero-order chi connectivity index (χ0) is 18.4. The zero-order valence-corrected chi connectivity index (χ0v) is 16.7. The first-order valence-electron chi connectivity index (χ1n) is 8.92. The second-order valence-electron chi connectivity index (χ2n) is 7.14. The van der Waals surface area contributed by atoms with Crippen molar-refractivity contribution < 1.29 is 19.0 Å². The van der Waals surface area contributed by atoms with E-state index in [4.69, 9.17) is 14.2 Å². The van der Waals surface area contributed by atoms with Crippen LogP contribution in [-0.2, 0) is 9.47 Å². The molecule has 1 N–H and O–H groups in total. The molecule has 0 amide bonds. The monoisotopic (exact) mass is 370 g/mol. The van der Waals surface area contributed by atoms with Crippen molar-refractivity contribution in [3.8, 4) is 5.88 Å². The Morgan fingerprint density at radius 2 is 2.00 bits per heavy atom. The highest BCUT2D eigenvalue weighted by atomic mass is 32.1. The minimum atomic E-state index is -0.347. The molecule has 0 spiro atoms. The third-order valence-electron chi connectivity index (χ3n) is 4.22. The lowest BCUT2D eigenvalue weighted by Crippen LogP contribution is -2.50. The summed E-state index contributed by atoms with van der Waals surface area (Å²) in [4.78, 5) is 16.9. The number of aromatic nitrogens is 1. The highest BCUT2D eigenvalue weighted by molar-refractivity contribution is 7.13. The van der Waals surface area contributed by atoms with Gasteiger partial charge in [0, 0.05) is 18.7 Å². The van der Waals surface area contributed by atoms with Gasteiger partial charge >= 0.3 is 5.97 Å². The third kappa shape index (κ3) is 5.94. The van der Waals surface area contributed by atoms with Crippen LogP contribution in [0.25, 0.3) is 0 Å².